The molecule has 6 aromatic carbocycles. The van der Waals surface area contributed by atoms with Crippen LogP contribution in [-0.4, -0.2) is 262 Å². The first-order valence-corrected chi connectivity index (χ1v) is 60.9. The van der Waals surface area contributed by atoms with Crippen molar-refractivity contribution in [1.82, 2.24) is 28.9 Å². The summed E-state index contributed by atoms with van der Waals surface area (Å²) in [6.45, 7) is 22.7. The van der Waals surface area contributed by atoms with E-state index in [1.54, 1.807) is 57.2 Å². The molecule has 6 bridgehead atoms. The summed E-state index contributed by atoms with van der Waals surface area (Å²) in [6, 6.07) is 34.5. The van der Waals surface area contributed by atoms with E-state index in [0.717, 1.165) is 125 Å². The third-order valence-corrected chi connectivity index (χ3v) is 45.9. The fourth-order valence-electron chi connectivity index (χ4n) is 29.6. The fourth-order valence-corrected chi connectivity index (χ4v) is 34.2. The van der Waals surface area contributed by atoms with Gasteiger partial charge in [0.2, 0.25) is 30.1 Å². The molecule has 6 aliphatic carbocycles. The molecule has 9 aliphatic heterocycles. The van der Waals surface area contributed by atoms with Crippen LogP contribution in [0.2, 0.25) is 15.1 Å². The molecular formula is C114H152Cl3N9O18S3. The minimum atomic E-state index is -4.25. The lowest BCUT2D eigenvalue weighted by Gasteiger charge is -2.53. The largest absolute Gasteiger partial charge is 0.490 e. The van der Waals surface area contributed by atoms with Gasteiger partial charge in [0, 0.05) is 147 Å². The van der Waals surface area contributed by atoms with Crippen molar-refractivity contribution in [1.29, 1.82) is 0 Å². The molecule has 21 rings (SSSR count). The number of ether oxygens (including phenoxy) is 6. The maximum atomic E-state index is 14.8. The Kier molecular flexibility index (Phi) is 30.4. The number of rotatable bonds is 11. The molecule has 22 atom stereocenters. The SMILES string of the molecule is C[C@@H]1[C@@H](C)CCC[C@](O)(CCN2CCOC(C3CCc4cc(Cl)ccc4[C@@]34COc3ccc5cc3N(C[C@@H]3CC[C@H]3[C@](O)(CCN3CCOC(C6CCc7cc(Cl)ccc7[C@@]67COc6ccc8cc6N(C[C@@H]6CC[C@H]6[C@@](O)(CCN6CCOCC6)CCC[C@H](C)[C@@H](C)S(=O)(=O)NC8=O)C7)C3)CCC[C@H](C)[C@@H](C)S(=O)(=O)NC5=O)C4)C2)[C@@H]2CC[C@H]2CN2C[C@@]3(CCCc4cc(Cl)ccc43)COc3ccc(cc32)C(=O)NS1(=O)=O. The van der Waals surface area contributed by atoms with E-state index in [1.807, 2.05) is 57.2 Å². The zero-order chi connectivity index (χ0) is 103. The van der Waals surface area contributed by atoms with Crippen molar-refractivity contribution >= 4 is 99.7 Å². The molecule has 6 fully saturated rings. The Morgan fingerprint density at radius 2 is 0.721 bits per heavy atom. The van der Waals surface area contributed by atoms with Crippen molar-refractivity contribution < 1.29 is 83.4 Å². The number of morpholine rings is 3. The van der Waals surface area contributed by atoms with Crippen molar-refractivity contribution in [2.45, 2.75) is 263 Å². The van der Waals surface area contributed by atoms with Crippen LogP contribution in [0.5, 0.6) is 17.2 Å². The molecule has 3 saturated carbocycles. The Bertz CT molecular complexity index is 6270. The van der Waals surface area contributed by atoms with Gasteiger partial charge in [-0.05, 0) is 340 Å². The molecule has 3 saturated heterocycles. The predicted octanol–water partition coefficient (Wildman–Crippen LogP) is 15.9. The van der Waals surface area contributed by atoms with E-state index in [1.165, 1.54) is 11.1 Å². The zero-order valence-corrected chi connectivity index (χ0v) is 91.1. The number of carbonyl (C=O) groups excluding carboxylic acids is 3. The number of halogens is 3. The minimum Gasteiger partial charge on any atom is -0.490 e. The smallest absolute Gasteiger partial charge is 0.264 e. The lowest BCUT2D eigenvalue weighted by molar-refractivity contribution is -0.114. The average molecular weight is 2140 g/mol. The molecule has 27 nitrogen and oxygen atoms in total. The second-order valence-corrected chi connectivity index (χ2v) is 55.0. The Balaban J connectivity index is 0.565. The summed E-state index contributed by atoms with van der Waals surface area (Å²) in [7, 11) is -12.5. The molecule has 9 heterocycles. The molecule has 147 heavy (non-hydrogen) atoms. The number of hydrogen-bond acceptors (Lipinski definition) is 24. The van der Waals surface area contributed by atoms with Crippen LogP contribution in [0.3, 0.4) is 0 Å². The first-order valence-electron chi connectivity index (χ1n) is 55.1. The molecule has 33 heteroatoms. The van der Waals surface area contributed by atoms with Gasteiger partial charge in [-0.3, -0.25) is 29.1 Å². The maximum absolute atomic E-state index is 14.8. The first kappa shape index (κ1) is 106. The number of anilines is 3. The number of nitrogens with zero attached hydrogens (tertiary/aromatic N) is 6. The second kappa shape index (κ2) is 42.3. The number of aryl methyl sites for hydroxylation is 3. The fraction of sp³-hybridized carbons (Fsp3) is 0.658. The van der Waals surface area contributed by atoms with Gasteiger partial charge in [0.1, 0.15) is 30.5 Å². The van der Waals surface area contributed by atoms with Crippen LogP contribution in [-0.2, 0) is 79.8 Å². The van der Waals surface area contributed by atoms with E-state index in [0.29, 0.717) is 239 Å². The summed E-state index contributed by atoms with van der Waals surface area (Å²) < 4.78 is 136. The Morgan fingerprint density at radius 3 is 1.10 bits per heavy atom. The van der Waals surface area contributed by atoms with E-state index in [9.17, 15) is 55.0 Å². The lowest BCUT2D eigenvalue weighted by Crippen LogP contribution is -2.60. The van der Waals surface area contributed by atoms with Crippen LogP contribution < -0.4 is 43.1 Å². The van der Waals surface area contributed by atoms with Crippen LogP contribution in [0.25, 0.3) is 0 Å². The lowest BCUT2D eigenvalue weighted by atomic mass is 9.60. The normalized spacial score (nSPS) is 36.0. The van der Waals surface area contributed by atoms with Crippen molar-refractivity contribution in [2.24, 2.45) is 65.1 Å². The number of amides is 3. The molecule has 4 unspecified atom stereocenters. The summed E-state index contributed by atoms with van der Waals surface area (Å²) in [4.78, 5) is 58.2. The van der Waals surface area contributed by atoms with Gasteiger partial charge in [-0.1, -0.05) is 93.0 Å². The maximum Gasteiger partial charge on any atom is 0.264 e. The third kappa shape index (κ3) is 21.0. The van der Waals surface area contributed by atoms with Gasteiger partial charge in [-0.2, -0.15) is 0 Å². The summed E-state index contributed by atoms with van der Waals surface area (Å²) in [5, 5.41) is 41.0. The Labute approximate surface area is 884 Å². The quantitative estimate of drug-likeness (QED) is 0.0702. The summed E-state index contributed by atoms with van der Waals surface area (Å²) >= 11 is 20.8. The van der Waals surface area contributed by atoms with Crippen molar-refractivity contribution in [2.75, 3.05) is 159 Å². The molecular weight excluding hydrogens is 1990 g/mol. The summed E-state index contributed by atoms with van der Waals surface area (Å²) in [6.07, 6.45) is 16.1. The van der Waals surface area contributed by atoms with Crippen LogP contribution >= 0.6 is 34.8 Å². The highest BCUT2D eigenvalue weighted by Gasteiger charge is 2.59. The van der Waals surface area contributed by atoms with Crippen LogP contribution in [0, 0.1) is 65.1 Å². The number of benzene rings is 6. The topological polar surface area (TPSA) is 325 Å². The molecule has 3 spiro atoms. The predicted molar refractivity (Wildman–Crippen MR) is 572 cm³/mol. The van der Waals surface area contributed by atoms with E-state index < -0.39 is 96.6 Å². The van der Waals surface area contributed by atoms with Gasteiger partial charge in [-0.25, -0.2) is 39.4 Å². The zero-order valence-electron chi connectivity index (χ0n) is 86.4. The molecule has 0 radical (unpaired) electrons. The van der Waals surface area contributed by atoms with E-state index >= 15 is 0 Å². The highest BCUT2D eigenvalue weighted by molar-refractivity contribution is 7.91. The van der Waals surface area contributed by atoms with Gasteiger partial charge < -0.3 is 58.4 Å². The van der Waals surface area contributed by atoms with Crippen LogP contribution in [0.1, 0.15) is 247 Å². The number of sulfonamides is 3. The number of fused-ring (bicyclic) bond motifs is 12. The third-order valence-electron chi connectivity index (χ3n) is 39.4. The van der Waals surface area contributed by atoms with Gasteiger partial charge in [0.15, 0.2) is 0 Å². The van der Waals surface area contributed by atoms with E-state index in [2.05, 4.69) is 80.0 Å². The van der Waals surface area contributed by atoms with E-state index in [4.69, 9.17) is 63.2 Å². The summed E-state index contributed by atoms with van der Waals surface area (Å²) in [5.74, 6) is -1.95. The van der Waals surface area contributed by atoms with Crippen LogP contribution in [0.15, 0.2) is 109 Å². The number of nitrogens with one attached hydrogen (secondary N) is 3. The Hall–Kier alpha value is -7.11. The first-order chi connectivity index (χ1) is 70.4. The van der Waals surface area contributed by atoms with Gasteiger partial charge in [0.25, 0.3) is 17.7 Å². The monoisotopic (exact) mass is 2140 g/mol. The van der Waals surface area contributed by atoms with Crippen LogP contribution in [0.4, 0.5) is 17.1 Å². The average Bonchev–Trinajstić information content (AvgIpc) is 1.72. The van der Waals surface area contributed by atoms with Gasteiger partial charge in [0.05, 0.1) is 106 Å². The van der Waals surface area contributed by atoms with Gasteiger partial charge in [-0.15, -0.1) is 0 Å². The molecule has 3 amide bonds. The second-order valence-electron chi connectivity index (χ2n) is 47.6. The standard InChI is InChI=1S/C114H152Cl3N9O18S3/c1-72-11-7-38-112(130,41-44-121-47-51-139-52-48-121)94-27-18-85(94)62-125-67-110(70-143-102-35-21-82(59-99(102)125)107(128)119-146(135,136)75(72)4)91-32-24-88(116)56-79(91)15-29-96(110)105-65-123(50-54-141-105)46-43-114(132)40-9-13-74(3)77(6)147(137,138)120-108(129)83-22-36-103-100(60-83)126(63-86-19-28-95(86)114)68-111(71-144-103)92-33-25-89(117)57-80(92)16-30-97(111)104-64-122(49-53-140-104)45-42-113(131)39-8-12-73(2)76(5)145(133,134)118-106(127)81-20-34-101-98(58-81)124(61-84-17-26-93(84)113)66-109(69-142-101)37-10-14-78-55-87(115)23-31-90(78)109/h20-25,31-36,55-60,72-77,84-86,93-97,104-105,130-132H,7-19,26-30,37-54,61-71H2,1-6H3,(H,118,127)(H,119,128)(H,120,129)/t72-,73-,74-,75+,76+,77+,84-,85-,86-,93+,94+,95+,96?,97?,104?,105?,109-,110+,111+,112-,113-,114+/m0/s1. The van der Waals surface area contributed by atoms with Crippen molar-refractivity contribution in [3.05, 3.63) is 174 Å². The highest BCUT2D eigenvalue weighted by atomic mass is 35.5. The van der Waals surface area contributed by atoms with Crippen molar-refractivity contribution in [3.8, 4) is 17.2 Å². The molecule has 800 valence electrons. The molecule has 0 aromatic heterocycles. The number of aliphatic hydroxyl groups is 3. The molecule has 6 aromatic rings. The molecule has 15 aliphatic rings. The summed E-state index contributed by atoms with van der Waals surface area (Å²) in [5.41, 5.74) is 4.14. The van der Waals surface area contributed by atoms with Crippen molar-refractivity contribution in [3.63, 3.8) is 0 Å². The Morgan fingerprint density at radius 1 is 0.367 bits per heavy atom. The highest BCUT2D eigenvalue weighted by Crippen LogP contribution is 2.58. The minimum absolute atomic E-state index is 0.0463. The molecule has 6 N–H and O–H groups in total. The van der Waals surface area contributed by atoms with Gasteiger partial charge >= 0.3 is 0 Å². The number of carbonyl (C=O) groups is 3. The van der Waals surface area contributed by atoms with E-state index in [-0.39, 0.29) is 107 Å². The number of hydrogen-bond donors (Lipinski definition) is 6.